The van der Waals surface area contributed by atoms with Crippen LogP contribution in [0.25, 0.3) is 0 Å². The lowest BCUT2D eigenvalue weighted by atomic mass is 9.85. The Hall–Kier alpha value is -3.89. The molecule has 1 aromatic heterocycles. The molecule has 0 aromatic carbocycles. The maximum atomic E-state index is 13.1. The number of ether oxygens (including phenoxy) is 3. The molecule has 0 radical (unpaired) electrons. The van der Waals surface area contributed by atoms with Crippen LogP contribution in [-0.2, 0) is 33.4 Å². The Morgan fingerprint density at radius 2 is 1.56 bits per heavy atom. The van der Waals surface area contributed by atoms with Crippen molar-refractivity contribution >= 4 is 29.6 Å². The normalized spacial score (nSPS) is 16.7. The molecule has 1 amide bonds. The molecule has 1 aromatic rings. The van der Waals surface area contributed by atoms with Gasteiger partial charge in [-0.1, -0.05) is 6.07 Å². The van der Waals surface area contributed by atoms with Crippen LogP contribution >= 0.6 is 0 Å². The molecule has 2 aliphatic heterocycles. The standard InChI is InChI=1S/C23H28N4O7/c1-14-18(21(29)32-3)20(19(15(2)25-14)22(30)33-4)23(31)34-13-17(28)27-11-9-26(10-12-27)16-7-5-6-8-24-16/h5-8,20,25H,9-13H2,1-4H3. The van der Waals surface area contributed by atoms with Gasteiger partial charge in [0.15, 0.2) is 6.61 Å². The first kappa shape index (κ1) is 24.7. The predicted octanol–water partition coefficient (Wildman–Crippen LogP) is 0.387. The number of esters is 3. The number of piperazine rings is 1. The van der Waals surface area contributed by atoms with Crippen molar-refractivity contribution in [2.45, 2.75) is 13.8 Å². The van der Waals surface area contributed by atoms with Crippen LogP contribution in [0, 0.1) is 5.92 Å². The van der Waals surface area contributed by atoms with Gasteiger partial charge in [-0.3, -0.25) is 9.59 Å². The van der Waals surface area contributed by atoms with Gasteiger partial charge in [0.1, 0.15) is 11.7 Å². The zero-order valence-corrected chi connectivity index (χ0v) is 19.6. The highest BCUT2D eigenvalue weighted by Crippen LogP contribution is 2.32. The molecular formula is C23H28N4O7. The molecule has 1 saturated heterocycles. The fourth-order valence-electron chi connectivity index (χ4n) is 4.02. The van der Waals surface area contributed by atoms with Crippen LogP contribution in [0.5, 0.6) is 0 Å². The number of amides is 1. The lowest BCUT2D eigenvalue weighted by molar-refractivity contribution is -0.156. The summed E-state index contributed by atoms with van der Waals surface area (Å²) in [6.45, 7) is 4.71. The van der Waals surface area contributed by atoms with Crippen LogP contribution in [0.2, 0.25) is 0 Å². The third-order valence-corrected chi connectivity index (χ3v) is 5.75. The molecule has 11 nitrogen and oxygen atoms in total. The van der Waals surface area contributed by atoms with Crippen LogP contribution in [0.15, 0.2) is 46.9 Å². The summed E-state index contributed by atoms with van der Waals surface area (Å²) in [6.07, 6.45) is 1.71. The van der Waals surface area contributed by atoms with E-state index in [1.165, 1.54) is 14.2 Å². The summed E-state index contributed by atoms with van der Waals surface area (Å²) in [5, 5.41) is 2.89. The van der Waals surface area contributed by atoms with Gasteiger partial charge in [0.05, 0.1) is 25.4 Å². The number of dihydropyridines is 1. The molecule has 0 aliphatic carbocycles. The number of hydrogen-bond donors (Lipinski definition) is 1. The van der Waals surface area contributed by atoms with Crippen molar-refractivity contribution in [1.82, 2.24) is 15.2 Å². The topological polar surface area (TPSA) is 127 Å². The van der Waals surface area contributed by atoms with Gasteiger partial charge in [-0.15, -0.1) is 0 Å². The maximum Gasteiger partial charge on any atom is 0.336 e. The summed E-state index contributed by atoms with van der Waals surface area (Å²) in [6, 6.07) is 5.64. The molecule has 3 heterocycles. The highest BCUT2D eigenvalue weighted by atomic mass is 16.5. The van der Waals surface area contributed by atoms with E-state index in [2.05, 4.69) is 15.2 Å². The van der Waals surface area contributed by atoms with Crippen LogP contribution < -0.4 is 10.2 Å². The lowest BCUT2D eigenvalue weighted by Crippen LogP contribution is -2.50. The Balaban J connectivity index is 1.68. The summed E-state index contributed by atoms with van der Waals surface area (Å²) in [5.41, 5.74) is 0.539. The minimum atomic E-state index is -1.38. The van der Waals surface area contributed by atoms with E-state index in [0.717, 1.165) is 5.82 Å². The molecule has 0 saturated carbocycles. The number of methoxy groups -OCH3 is 2. The first-order chi connectivity index (χ1) is 16.3. The van der Waals surface area contributed by atoms with Gasteiger partial charge in [0.2, 0.25) is 0 Å². The second-order valence-corrected chi connectivity index (χ2v) is 7.78. The van der Waals surface area contributed by atoms with E-state index < -0.39 is 30.4 Å². The molecule has 11 heteroatoms. The number of aromatic nitrogens is 1. The van der Waals surface area contributed by atoms with Crippen molar-refractivity contribution in [1.29, 1.82) is 0 Å². The number of hydrogen-bond acceptors (Lipinski definition) is 10. The summed E-state index contributed by atoms with van der Waals surface area (Å²) in [4.78, 5) is 58.5. The molecular weight excluding hydrogens is 444 g/mol. The number of nitrogens with zero attached hydrogens (tertiary/aromatic N) is 3. The molecule has 182 valence electrons. The number of pyridine rings is 1. The molecule has 0 atom stereocenters. The van der Waals surface area contributed by atoms with Crippen molar-refractivity contribution < 1.29 is 33.4 Å². The van der Waals surface area contributed by atoms with Gasteiger partial charge < -0.3 is 29.3 Å². The third-order valence-electron chi connectivity index (χ3n) is 5.75. The summed E-state index contributed by atoms with van der Waals surface area (Å²) < 4.78 is 14.9. The van der Waals surface area contributed by atoms with E-state index >= 15 is 0 Å². The Labute approximate surface area is 197 Å². The Morgan fingerprint density at radius 3 is 2.06 bits per heavy atom. The van der Waals surface area contributed by atoms with Crippen LogP contribution in [0.4, 0.5) is 5.82 Å². The third kappa shape index (κ3) is 5.19. The van der Waals surface area contributed by atoms with Gasteiger partial charge in [0.25, 0.3) is 5.91 Å². The highest BCUT2D eigenvalue weighted by Gasteiger charge is 2.42. The van der Waals surface area contributed by atoms with Gasteiger partial charge in [0, 0.05) is 43.8 Å². The Morgan fingerprint density at radius 1 is 0.971 bits per heavy atom. The number of allylic oxidation sites excluding steroid dienone is 2. The second kappa shape index (κ2) is 10.8. The summed E-state index contributed by atoms with van der Waals surface area (Å²) in [5.74, 6) is -3.42. The molecule has 1 fully saturated rings. The molecule has 0 spiro atoms. The van der Waals surface area contributed by atoms with Gasteiger partial charge in [-0.25, -0.2) is 14.6 Å². The Kier molecular flexibility index (Phi) is 7.87. The largest absolute Gasteiger partial charge is 0.466 e. The van der Waals surface area contributed by atoms with E-state index in [4.69, 9.17) is 14.2 Å². The number of nitrogens with one attached hydrogen (secondary N) is 1. The van der Waals surface area contributed by atoms with Crippen LogP contribution in [0.3, 0.4) is 0 Å². The molecule has 0 bridgehead atoms. The smallest absolute Gasteiger partial charge is 0.336 e. The first-order valence-electron chi connectivity index (χ1n) is 10.7. The average Bonchev–Trinajstić information content (AvgIpc) is 2.86. The average molecular weight is 472 g/mol. The maximum absolute atomic E-state index is 13.1. The van der Waals surface area contributed by atoms with E-state index in [1.807, 2.05) is 18.2 Å². The minimum absolute atomic E-state index is 0.0741. The van der Waals surface area contributed by atoms with E-state index in [-0.39, 0.29) is 17.1 Å². The zero-order chi connectivity index (χ0) is 24.8. The van der Waals surface area contributed by atoms with Crippen LogP contribution in [0.1, 0.15) is 13.8 Å². The monoisotopic (exact) mass is 472 g/mol. The summed E-state index contributed by atoms with van der Waals surface area (Å²) >= 11 is 0. The number of carbonyl (C=O) groups is 4. The predicted molar refractivity (Wildman–Crippen MR) is 120 cm³/mol. The van der Waals surface area contributed by atoms with E-state index in [9.17, 15) is 19.2 Å². The molecule has 0 unspecified atom stereocenters. The van der Waals surface area contributed by atoms with Crippen molar-refractivity contribution in [3.05, 3.63) is 46.9 Å². The number of rotatable bonds is 6. The fraction of sp³-hybridized carbons (Fsp3) is 0.435. The molecule has 1 N–H and O–H groups in total. The van der Waals surface area contributed by atoms with Crippen molar-refractivity contribution in [3.8, 4) is 0 Å². The van der Waals surface area contributed by atoms with Gasteiger partial charge in [-0.05, 0) is 26.0 Å². The van der Waals surface area contributed by atoms with E-state index in [0.29, 0.717) is 37.6 Å². The SMILES string of the molecule is COC(=O)C1=C(C)NC(C)=C(C(=O)OC)C1C(=O)OCC(=O)N1CCN(c2ccccn2)CC1. The highest BCUT2D eigenvalue weighted by molar-refractivity contribution is 6.05. The number of anilines is 1. The van der Waals surface area contributed by atoms with Gasteiger partial charge >= 0.3 is 17.9 Å². The van der Waals surface area contributed by atoms with Crippen molar-refractivity contribution in [3.63, 3.8) is 0 Å². The van der Waals surface area contributed by atoms with Crippen molar-refractivity contribution in [2.75, 3.05) is 51.9 Å². The van der Waals surface area contributed by atoms with Crippen LogP contribution in [-0.4, -0.2) is 80.7 Å². The summed E-state index contributed by atoms with van der Waals surface area (Å²) in [7, 11) is 2.34. The molecule has 3 rings (SSSR count). The Bertz CT molecular complexity index is 989. The zero-order valence-electron chi connectivity index (χ0n) is 19.6. The second-order valence-electron chi connectivity index (χ2n) is 7.78. The molecule has 2 aliphatic rings. The lowest BCUT2D eigenvalue weighted by Gasteiger charge is -2.35. The van der Waals surface area contributed by atoms with E-state index in [1.54, 1.807) is 24.9 Å². The van der Waals surface area contributed by atoms with Crippen molar-refractivity contribution in [2.24, 2.45) is 5.92 Å². The first-order valence-corrected chi connectivity index (χ1v) is 10.7. The number of carbonyl (C=O) groups excluding carboxylic acids is 4. The van der Waals surface area contributed by atoms with Gasteiger partial charge in [-0.2, -0.15) is 0 Å². The minimum Gasteiger partial charge on any atom is -0.466 e. The molecule has 34 heavy (non-hydrogen) atoms. The quantitative estimate of drug-likeness (QED) is 0.459. The fourth-order valence-corrected chi connectivity index (χ4v) is 4.02.